The summed E-state index contributed by atoms with van der Waals surface area (Å²) < 4.78 is 1.65. The Morgan fingerprint density at radius 3 is 2.45 bits per heavy atom. The summed E-state index contributed by atoms with van der Waals surface area (Å²) in [6.07, 6.45) is 3.30. The quantitative estimate of drug-likeness (QED) is 0.786. The van der Waals surface area contributed by atoms with Crippen molar-refractivity contribution in [3.8, 4) is 22.4 Å². The van der Waals surface area contributed by atoms with Crippen LogP contribution in [0.5, 0.6) is 0 Å². The monoisotopic (exact) mass is 285 g/mol. The molecule has 0 aliphatic heterocycles. The van der Waals surface area contributed by atoms with Gasteiger partial charge in [-0.15, -0.1) is 0 Å². The minimum atomic E-state index is 0.596. The van der Waals surface area contributed by atoms with Crippen LogP contribution in [0.25, 0.3) is 22.4 Å². The van der Waals surface area contributed by atoms with Crippen LogP contribution in [-0.4, -0.2) is 20.0 Å². The molecule has 3 aromatic rings. The highest BCUT2D eigenvalue weighted by molar-refractivity contribution is 6.30. The van der Waals surface area contributed by atoms with Gasteiger partial charge in [-0.2, -0.15) is 15.3 Å². The number of hydrogen-bond acceptors (Lipinski definition) is 4. The molecule has 0 unspecified atom stereocenters. The lowest BCUT2D eigenvalue weighted by atomic mass is 10.0. The smallest absolute Gasteiger partial charge is 0.129 e. The molecule has 0 saturated heterocycles. The molecule has 0 amide bonds. The first-order chi connectivity index (χ1) is 9.66. The van der Waals surface area contributed by atoms with Gasteiger partial charge in [0.05, 0.1) is 18.0 Å². The van der Waals surface area contributed by atoms with Crippen LogP contribution in [0.2, 0.25) is 5.02 Å². The molecule has 0 saturated carbocycles. The summed E-state index contributed by atoms with van der Waals surface area (Å²) in [5, 5.41) is 12.8. The Bertz CT molecular complexity index is 734. The average Bonchev–Trinajstić information content (AvgIpc) is 2.77. The van der Waals surface area contributed by atoms with Crippen LogP contribution in [-0.2, 0) is 7.05 Å². The zero-order chi connectivity index (χ0) is 14.1. The summed E-state index contributed by atoms with van der Waals surface area (Å²) in [5.74, 6) is 0.596. The minimum Gasteiger partial charge on any atom is -0.383 e. The molecule has 3 rings (SSSR count). The third-order valence-electron chi connectivity index (χ3n) is 3.08. The van der Waals surface area contributed by atoms with Crippen molar-refractivity contribution in [3.63, 3.8) is 0 Å². The van der Waals surface area contributed by atoms with Crippen LogP contribution in [0, 0.1) is 0 Å². The Morgan fingerprint density at radius 1 is 1.05 bits per heavy atom. The van der Waals surface area contributed by atoms with Crippen LogP contribution in [0.3, 0.4) is 0 Å². The second kappa shape index (κ2) is 4.94. The van der Waals surface area contributed by atoms with E-state index in [4.69, 9.17) is 17.3 Å². The molecule has 0 bridgehead atoms. The maximum absolute atomic E-state index is 6.14. The molecule has 5 nitrogen and oxygen atoms in total. The van der Waals surface area contributed by atoms with Crippen LogP contribution >= 0.6 is 11.6 Å². The number of nitrogens with zero attached hydrogens (tertiary/aromatic N) is 4. The number of rotatable bonds is 2. The highest BCUT2D eigenvalue weighted by Crippen LogP contribution is 2.35. The Balaban J connectivity index is 2.22. The lowest BCUT2D eigenvalue weighted by Gasteiger charge is -2.04. The number of anilines is 1. The molecular weight excluding hydrogens is 274 g/mol. The molecule has 100 valence electrons. The Morgan fingerprint density at radius 2 is 1.80 bits per heavy atom. The Hall–Kier alpha value is -2.40. The van der Waals surface area contributed by atoms with Crippen LogP contribution < -0.4 is 5.73 Å². The molecule has 2 aromatic heterocycles. The largest absolute Gasteiger partial charge is 0.383 e. The van der Waals surface area contributed by atoms with Crippen molar-refractivity contribution in [1.29, 1.82) is 0 Å². The van der Waals surface area contributed by atoms with Gasteiger partial charge in [0.2, 0.25) is 0 Å². The van der Waals surface area contributed by atoms with Gasteiger partial charge in [-0.3, -0.25) is 4.68 Å². The number of aryl methyl sites for hydroxylation is 1. The van der Waals surface area contributed by atoms with E-state index in [0.717, 1.165) is 22.4 Å². The molecule has 0 fully saturated rings. The first-order valence-electron chi connectivity index (χ1n) is 6.02. The van der Waals surface area contributed by atoms with Crippen LogP contribution in [0.4, 0.5) is 5.82 Å². The lowest BCUT2D eigenvalue weighted by molar-refractivity contribution is 0.782. The SMILES string of the molecule is Cn1nc(-c2ccnnc2)c(-c2ccc(Cl)cc2)c1N. The van der Waals surface area contributed by atoms with Crippen LogP contribution in [0.1, 0.15) is 0 Å². The third-order valence-corrected chi connectivity index (χ3v) is 3.33. The molecule has 2 heterocycles. The van der Waals surface area contributed by atoms with Gasteiger partial charge in [0.15, 0.2) is 0 Å². The van der Waals surface area contributed by atoms with Crippen molar-refractivity contribution in [1.82, 2.24) is 20.0 Å². The van der Waals surface area contributed by atoms with Crippen molar-refractivity contribution in [2.24, 2.45) is 7.05 Å². The Kier molecular flexibility index (Phi) is 3.12. The molecule has 0 atom stereocenters. The minimum absolute atomic E-state index is 0.596. The number of halogens is 1. The molecule has 6 heteroatoms. The van der Waals surface area contributed by atoms with E-state index < -0.39 is 0 Å². The standard InChI is InChI=1S/C14H12ClN5/c1-20-14(16)12(9-2-4-11(15)5-3-9)13(19-20)10-6-7-17-18-8-10/h2-8H,16H2,1H3. The molecule has 0 aliphatic carbocycles. The topological polar surface area (TPSA) is 69.6 Å². The maximum Gasteiger partial charge on any atom is 0.129 e. The van der Waals surface area contributed by atoms with Gasteiger partial charge in [-0.25, -0.2) is 0 Å². The highest BCUT2D eigenvalue weighted by atomic mass is 35.5. The molecule has 1 aromatic carbocycles. The summed E-state index contributed by atoms with van der Waals surface area (Å²) in [7, 11) is 1.81. The van der Waals surface area contributed by atoms with Gasteiger partial charge in [0.25, 0.3) is 0 Å². The van der Waals surface area contributed by atoms with E-state index in [2.05, 4.69) is 15.3 Å². The van der Waals surface area contributed by atoms with Gasteiger partial charge < -0.3 is 5.73 Å². The van der Waals surface area contributed by atoms with Crippen molar-refractivity contribution < 1.29 is 0 Å². The normalized spacial score (nSPS) is 10.7. The zero-order valence-electron chi connectivity index (χ0n) is 10.8. The number of benzene rings is 1. The predicted octanol–water partition coefficient (Wildman–Crippen LogP) is 2.78. The molecule has 0 aliphatic rings. The highest BCUT2D eigenvalue weighted by Gasteiger charge is 2.17. The molecule has 0 spiro atoms. The summed E-state index contributed by atoms with van der Waals surface area (Å²) in [6, 6.07) is 9.37. The number of hydrogen-bond donors (Lipinski definition) is 1. The van der Waals surface area contributed by atoms with Crippen LogP contribution in [0.15, 0.2) is 42.7 Å². The second-order valence-corrected chi connectivity index (χ2v) is 4.81. The number of aromatic nitrogens is 4. The zero-order valence-corrected chi connectivity index (χ0v) is 11.5. The van der Waals surface area contributed by atoms with E-state index in [0.29, 0.717) is 10.8 Å². The molecular formula is C14H12ClN5. The second-order valence-electron chi connectivity index (χ2n) is 4.37. The van der Waals surface area contributed by atoms with E-state index in [-0.39, 0.29) is 0 Å². The van der Waals surface area contributed by atoms with Gasteiger partial charge in [0, 0.05) is 17.6 Å². The van der Waals surface area contributed by atoms with E-state index in [9.17, 15) is 0 Å². The van der Waals surface area contributed by atoms with Gasteiger partial charge in [0.1, 0.15) is 11.5 Å². The predicted molar refractivity (Wildman–Crippen MR) is 79.1 cm³/mol. The Labute approximate surface area is 121 Å². The van der Waals surface area contributed by atoms with Crippen molar-refractivity contribution in [2.75, 3.05) is 5.73 Å². The van der Waals surface area contributed by atoms with Gasteiger partial charge >= 0.3 is 0 Å². The van der Waals surface area contributed by atoms with Gasteiger partial charge in [-0.05, 0) is 23.8 Å². The van der Waals surface area contributed by atoms with Crippen molar-refractivity contribution in [2.45, 2.75) is 0 Å². The first-order valence-corrected chi connectivity index (χ1v) is 6.40. The average molecular weight is 286 g/mol. The fourth-order valence-corrected chi connectivity index (χ4v) is 2.20. The van der Waals surface area contributed by atoms with E-state index in [1.165, 1.54) is 0 Å². The maximum atomic E-state index is 6.14. The fraction of sp³-hybridized carbons (Fsp3) is 0.0714. The van der Waals surface area contributed by atoms with Gasteiger partial charge in [-0.1, -0.05) is 23.7 Å². The summed E-state index contributed by atoms with van der Waals surface area (Å²) in [5.41, 5.74) is 9.63. The van der Waals surface area contributed by atoms with Crippen molar-refractivity contribution >= 4 is 17.4 Å². The molecule has 2 N–H and O–H groups in total. The lowest BCUT2D eigenvalue weighted by Crippen LogP contribution is -1.97. The fourth-order valence-electron chi connectivity index (χ4n) is 2.07. The first kappa shape index (κ1) is 12.6. The number of nitrogens with two attached hydrogens (primary N) is 1. The molecule has 0 radical (unpaired) electrons. The van der Waals surface area contributed by atoms with E-state index >= 15 is 0 Å². The summed E-state index contributed by atoms with van der Waals surface area (Å²) in [4.78, 5) is 0. The number of nitrogen functional groups attached to an aromatic ring is 1. The van der Waals surface area contributed by atoms with E-state index in [1.54, 1.807) is 17.1 Å². The third kappa shape index (κ3) is 2.12. The molecule has 20 heavy (non-hydrogen) atoms. The van der Waals surface area contributed by atoms with E-state index in [1.807, 2.05) is 37.4 Å². The summed E-state index contributed by atoms with van der Waals surface area (Å²) >= 11 is 5.93. The van der Waals surface area contributed by atoms with Crippen molar-refractivity contribution in [3.05, 3.63) is 47.7 Å². The summed E-state index contributed by atoms with van der Waals surface area (Å²) in [6.45, 7) is 0.